The normalized spacial score (nSPS) is 17.0. The van der Waals surface area contributed by atoms with Crippen LogP contribution in [0.1, 0.15) is 24.8 Å². The number of aryl methyl sites for hydroxylation is 1. The van der Waals surface area contributed by atoms with Gasteiger partial charge in [-0.15, -0.1) is 0 Å². The van der Waals surface area contributed by atoms with Crippen molar-refractivity contribution in [1.82, 2.24) is 25.1 Å². The minimum Gasteiger partial charge on any atom is -0.356 e. The van der Waals surface area contributed by atoms with Crippen LogP contribution in [0.5, 0.6) is 0 Å². The van der Waals surface area contributed by atoms with Gasteiger partial charge in [-0.05, 0) is 37.8 Å². The van der Waals surface area contributed by atoms with Gasteiger partial charge in [0.2, 0.25) is 0 Å². The molecule has 1 aliphatic carbocycles. The van der Waals surface area contributed by atoms with Gasteiger partial charge in [-0.1, -0.05) is 12.1 Å². The van der Waals surface area contributed by atoms with Gasteiger partial charge in [0.05, 0.1) is 17.4 Å². The fraction of sp³-hybridized carbons (Fsp3) is 0.278. The van der Waals surface area contributed by atoms with E-state index in [9.17, 15) is 0 Å². The van der Waals surface area contributed by atoms with Gasteiger partial charge < -0.3 is 5.32 Å². The molecule has 0 atom stereocenters. The summed E-state index contributed by atoms with van der Waals surface area (Å²) in [6.07, 6.45) is 8.72. The third-order valence-electron chi connectivity index (χ3n) is 4.99. The van der Waals surface area contributed by atoms with E-state index >= 15 is 0 Å². The van der Waals surface area contributed by atoms with Crippen LogP contribution in [0.15, 0.2) is 35.7 Å². The van der Waals surface area contributed by atoms with E-state index in [-0.39, 0.29) is 5.54 Å². The summed E-state index contributed by atoms with van der Waals surface area (Å²) < 4.78 is 0. The van der Waals surface area contributed by atoms with E-state index in [0.29, 0.717) is 5.82 Å². The van der Waals surface area contributed by atoms with E-state index in [0.717, 1.165) is 46.9 Å². The third-order valence-corrected chi connectivity index (χ3v) is 4.99. The number of fused-ring (bicyclic) bond motifs is 1. The molecule has 1 fully saturated rings. The van der Waals surface area contributed by atoms with Crippen LogP contribution in [0, 0.1) is 6.92 Å². The molecule has 0 saturated heterocycles. The standard InChI is InChI=1S/C18H17N7/c1-11-7-12(15-21-10-22-25-15)3-4-13(11)14-8-19-16-17(23-14)24-18(9-20-16)5-2-6-18/h3-4,7-10H,2,5-6H2,1H3,(H,23,24)(H,21,22,25). The van der Waals surface area contributed by atoms with Crippen LogP contribution in [0.25, 0.3) is 22.6 Å². The van der Waals surface area contributed by atoms with Crippen LogP contribution in [0.2, 0.25) is 0 Å². The van der Waals surface area contributed by atoms with Gasteiger partial charge in [0, 0.05) is 17.3 Å². The highest BCUT2D eigenvalue weighted by molar-refractivity contribution is 5.85. The van der Waals surface area contributed by atoms with E-state index in [4.69, 9.17) is 4.98 Å². The highest BCUT2D eigenvalue weighted by atomic mass is 15.2. The average molecular weight is 331 g/mol. The molecule has 0 radical (unpaired) electrons. The number of aromatic amines is 1. The van der Waals surface area contributed by atoms with Gasteiger partial charge in [-0.25, -0.2) is 19.9 Å². The topological polar surface area (TPSA) is 91.7 Å². The summed E-state index contributed by atoms with van der Waals surface area (Å²) in [7, 11) is 0. The number of H-pyrrole nitrogens is 1. The number of rotatable bonds is 2. The summed E-state index contributed by atoms with van der Waals surface area (Å²) in [6, 6.07) is 6.15. The quantitative estimate of drug-likeness (QED) is 0.752. The predicted octanol–water partition coefficient (Wildman–Crippen LogP) is 3.29. The Morgan fingerprint density at radius 2 is 2.08 bits per heavy atom. The summed E-state index contributed by atoms with van der Waals surface area (Å²) in [6.45, 7) is 2.06. The molecule has 1 aromatic carbocycles. The van der Waals surface area contributed by atoms with Crippen LogP contribution in [-0.2, 0) is 0 Å². The molecule has 7 heteroatoms. The molecule has 7 nitrogen and oxygen atoms in total. The number of hydrogen-bond acceptors (Lipinski definition) is 6. The molecule has 2 N–H and O–H groups in total. The van der Waals surface area contributed by atoms with Gasteiger partial charge in [-0.2, -0.15) is 5.10 Å². The number of anilines is 1. The fourth-order valence-electron chi connectivity index (χ4n) is 3.40. The monoisotopic (exact) mass is 331 g/mol. The van der Waals surface area contributed by atoms with E-state index in [1.807, 2.05) is 12.3 Å². The summed E-state index contributed by atoms with van der Waals surface area (Å²) in [5, 5.41) is 10.3. The minimum atomic E-state index is -0.00844. The maximum atomic E-state index is 4.79. The SMILES string of the molecule is Cc1cc(-c2ncn[nH]2)ccc1-c1cnc2c(n1)NC1(C=N2)CCC1. The second-order valence-electron chi connectivity index (χ2n) is 6.68. The van der Waals surface area contributed by atoms with Crippen LogP contribution in [0.3, 0.4) is 0 Å². The average Bonchev–Trinajstić information content (AvgIpc) is 3.14. The Bertz CT molecular complexity index is 971. The van der Waals surface area contributed by atoms with E-state index in [2.05, 4.69) is 49.5 Å². The number of aliphatic imine (C=N–C) groups is 1. The molecule has 0 bridgehead atoms. The van der Waals surface area contributed by atoms with Gasteiger partial charge in [-0.3, -0.25) is 5.10 Å². The summed E-state index contributed by atoms with van der Waals surface area (Å²) >= 11 is 0. The van der Waals surface area contributed by atoms with Crippen molar-refractivity contribution < 1.29 is 0 Å². The van der Waals surface area contributed by atoms with Crippen LogP contribution in [-0.4, -0.2) is 36.9 Å². The summed E-state index contributed by atoms with van der Waals surface area (Å²) in [5.74, 6) is 2.20. The van der Waals surface area contributed by atoms with Gasteiger partial charge in [0.1, 0.15) is 6.33 Å². The molecule has 3 aromatic rings. The molecule has 1 aliphatic heterocycles. The summed E-state index contributed by atoms with van der Waals surface area (Å²) in [5.41, 5.74) is 4.00. The molecule has 0 unspecified atom stereocenters. The first-order chi connectivity index (χ1) is 12.2. The first kappa shape index (κ1) is 14.3. The Kier molecular flexibility index (Phi) is 2.97. The Hall–Kier alpha value is -3.09. The molecular weight excluding hydrogens is 314 g/mol. The highest BCUT2D eigenvalue weighted by Crippen LogP contribution is 2.39. The summed E-state index contributed by atoms with van der Waals surface area (Å²) in [4.78, 5) is 18.0. The molecule has 2 aromatic heterocycles. The molecule has 3 heterocycles. The number of hydrogen-bond donors (Lipinski definition) is 2. The van der Waals surface area contributed by atoms with Crippen molar-refractivity contribution in [3.8, 4) is 22.6 Å². The molecule has 25 heavy (non-hydrogen) atoms. The van der Waals surface area contributed by atoms with Crippen LogP contribution < -0.4 is 5.32 Å². The predicted molar refractivity (Wildman–Crippen MR) is 95.9 cm³/mol. The van der Waals surface area contributed by atoms with Crippen molar-refractivity contribution in [3.05, 3.63) is 36.3 Å². The van der Waals surface area contributed by atoms with Gasteiger partial charge in [0.25, 0.3) is 0 Å². The Balaban J connectivity index is 1.52. The number of nitrogens with one attached hydrogen (secondary N) is 2. The smallest absolute Gasteiger partial charge is 0.195 e. The van der Waals surface area contributed by atoms with E-state index in [1.54, 1.807) is 6.20 Å². The largest absolute Gasteiger partial charge is 0.356 e. The zero-order valence-electron chi connectivity index (χ0n) is 13.8. The second kappa shape index (κ2) is 5.20. The first-order valence-corrected chi connectivity index (χ1v) is 8.40. The molecular formula is C18H17N7. The lowest BCUT2D eigenvalue weighted by molar-refractivity contribution is 0.376. The molecule has 5 rings (SSSR count). The first-order valence-electron chi connectivity index (χ1n) is 8.40. The van der Waals surface area contributed by atoms with Crippen LogP contribution >= 0.6 is 0 Å². The lowest BCUT2D eigenvalue weighted by Gasteiger charge is -2.41. The van der Waals surface area contributed by atoms with Crippen molar-refractivity contribution in [2.45, 2.75) is 31.7 Å². The maximum absolute atomic E-state index is 4.79. The van der Waals surface area contributed by atoms with Crippen molar-refractivity contribution in [3.63, 3.8) is 0 Å². The van der Waals surface area contributed by atoms with Crippen LogP contribution in [0.4, 0.5) is 11.6 Å². The lowest BCUT2D eigenvalue weighted by atomic mass is 9.77. The third kappa shape index (κ3) is 2.31. The van der Waals surface area contributed by atoms with Gasteiger partial charge >= 0.3 is 0 Å². The van der Waals surface area contributed by atoms with Gasteiger partial charge in [0.15, 0.2) is 17.5 Å². The van der Waals surface area contributed by atoms with Crippen molar-refractivity contribution >= 4 is 17.9 Å². The number of aromatic nitrogens is 5. The van der Waals surface area contributed by atoms with Crippen molar-refractivity contribution in [2.75, 3.05) is 5.32 Å². The second-order valence-corrected chi connectivity index (χ2v) is 6.68. The number of benzene rings is 1. The molecule has 124 valence electrons. The molecule has 1 spiro atoms. The van der Waals surface area contributed by atoms with Crippen molar-refractivity contribution in [2.24, 2.45) is 4.99 Å². The molecule has 1 saturated carbocycles. The zero-order chi connectivity index (χ0) is 16.9. The van der Waals surface area contributed by atoms with Crippen molar-refractivity contribution in [1.29, 1.82) is 0 Å². The lowest BCUT2D eigenvalue weighted by Crippen LogP contribution is -2.48. The molecule has 2 aliphatic rings. The fourth-order valence-corrected chi connectivity index (χ4v) is 3.40. The Morgan fingerprint density at radius 1 is 1.16 bits per heavy atom. The Labute approximate surface area is 144 Å². The Morgan fingerprint density at radius 3 is 2.80 bits per heavy atom. The minimum absolute atomic E-state index is 0.00844. The molecule has 0 amide bonds. The van der Waals surface area contributed by atoms with E-state index in [1.165, 1.54) is 12.7 Å². The van der Waals surface area contributed by atoms with E-state index < -0.39 is 0 Å². The maximum Gasteiger partial charge on any atom is 0.195 e. The number of nitrogens with zero attached hydrogens (tertiary/aromatic N) is 5. The zero-order valence-corrected chi connectivity index (χ0v) is 13.8. The highest BCUT2D eigenvalue weighted by Gasteiger charge is 2.38.